The van der Waals surface area contributed by atoms with Gasteiger partial charge in [-0.1, -0.05) is 12.1 Å². The first kappa shape index (κ1) is 13.5. The molecule has 4 nitrogen and oxygen atoms in total. The second kappa shape index (κ2) is 5.89. The number of amides is 1. The molecule has 106 valence electrons. The van der Waals surface area contributed by atoms with Gasteiger partial charge in [0.15, 0.2) is 0 Å². The average molecular weight is 290 g/mol. The number of piperazine rings is 1. The Morgan fingerprint density at radius 1 is 1.35 bits per heavy atom. The van der Waals surface area contributed by atoms with Gasteiger partial charge in [0.05, 0.1) is 48.5 Å². The fourth-order valence-corrected chi connectivity index (χ4v) is 3.50. The molecule has 0 bridgehead atoms. The van der Waals surface area contributed by atoms with Crippen LogP contribution in [0.2, 0.25) is 0 Å². The number of aryl methyl sites for hydroxylation is 1. The van der Waals surface area contributed by atoms with Crippen molar-refractivity contribution in [2.24, 2.45) is 0 Å². The van der Waals surface area contributed by atoms with Crippen molar-refractivity contribution in [3.8, 4) is 0 Å². The number of fused-ring (bicyclic) bond motifs is 1. The summed E-state index contributed by atoms with van der Waals surface area (Å²) < 4.78 is 1.21. The summed E-state index contributed by atoms with van der Waals surface area (Å²) in [7, 11) is 2.18. The third-order valence-electron chi connectivity index (χ3n) is 3.86. The summed E-state index contributed by atoms with van der Waals surface area (Å²) in [6.07, 6.45) is 1.34. The lowest BCUT2D eigenvalue weighted by atomic mass is 10.2. The molecule has 1 saturated heterocycles. The molecule has 0 spiro atoms. The van der Waals surface area contributed by atoms with Crippen molar-refractivity contribution >= 4 is 27.5 Å². The molecule has 5 heteroatoms. The molecule has 1 fully saturated rings. The van der Waals surface area contributed by atoms with Gasteiger partial charge in [0.1, 0.15) is 0 Å². The van der Waals surface area contributed by atoms with Gasteiger partial charge in [0, 0.05) is 12.8 Å². The first-order valence-electron chi connectivity index (χ1n) is 7.16. The number of para-hydroxylation sites is 1. The fraction of sp³-hybridized carbons (Fsp3) is 0.467. The quantitative estimate of drug-likeness (QED) is 0.898. The number of hydrogen-bond donors (Lipinski definition) is 1. The van der Waals surface area contributed by atoms with Gasteiger partial charge < -0.3 is 9.80 Å². The van der Waals surface area contributed by atoms with Crippen LogP contribution in [-0.2, 0) is 11.2 Å². The van der Waals surface area contributed by atoms with Crippen molar-refractivity contribution in [3.63, 3.8) is 0 Å². The van der Waals surface area contributed by atoms with Crippen LogP contribution in [0.25, 0.3) is 10.2 Å². The standard InChI is InChI=1S/C15H19N3OS/c1-17-8-10-18(11-9-17)15(19)7-6-14-16-12-4-2-3-5-13(12)20-14/h2-5H,6-11H2,1H3/p+1. The zero-order valence-corrected chi connectivity index (χ0v) is 12.6. The number of nitrogens with zero attached hydrogens (tertiary/aromatic N) is 2. The predicted octanol–water partition coefficient (Wildman–Crippen LogP) is 0.586. The number of carbonyl (C=O) groups is 1. The van der Waals surface area contributed by atoms with Crippen LogP contribution in [0, 0.1) is 0 Å². The van der Waals surface area contributed by atoms with Gasteiger partial charge in [-0.15, -0.1) is 11.3 Å². The number of aromatic nitrogens is 1. The minimum absolute atomic E-state index is 0.275. The van der Waals surface area contributed by atoms with Gasteiger partial charge in [-0.3, -0.25) is 4.79 Å². The Morgan fingerprint density at radius 2 is 2.10 bits per heavy atom. The van der Waals surface area contributed by atoms with Gasteiger partial charge in [0.2, 0.25) is 5.91 Å². The zero-order chi connectivity index (χ0) is 13.9. The Hall–Kier alpha value is -1.46. The fourth-order valence-electron chi connectivity index (χ4n) is 2.54. The number of nitrogens with one attached hydrogen (secondary N) is 1. The molecule has 0 saturated carbocycles. The Morgan fingerprint density at radius 3 is 2.85 bits per heavy atom. The van der Waals surface area contributed by atoms with Crippen LogP contribution < -0.4 is 4.90 Å². The van der Waals surface area contributed by atoms with Crippen LogP contribution >= 0.6 is 11.3 Å². The first-order valence-corrected chi connectivity index (χ1v) is 7.97. The molecule has 1 aromatic heterocycles. The summed E-state index contributed by atoms with van der Waals surface area (Å²) >= 11 is 1.70. The van der Waals surface area contributed by atoms with Crippen LogP contribution in [0.1, 0.15) is 11.4 Å². The number of benzene rings is 1. The highest BCUT2D eigenvalue weighted by molar-refractivity contribution is 7.18. The molecule has 1 aliphatic rings. The minimum Gasteiger partial charge on any atom is -0.334 e. The van der Waals surface area contributed by atoms with Gasteiger partial charge in [0.25, 0.3) is 0 Å². The SMILES string of the molecule is C[NH+]1CCN(C(=O)CCc2nc3ccccc3s2)CC1. The van der Waals surface area contributed by atoms with Crippen LogP contribution in [0.5, 0.6) is 0 Å². The second-order valence-electron chi connectivity index (χ2n) is 5.41. The Balaban J connectivity index is 1.57. The molecule has 0 aliphatic carbocycles. The van der Waals surface area contributed by atoms with E-state index in [-0.39, 0.29) is 5.91 Å². The number of carbonyl (C=O) groups excluding carboxylic acids is 1. The lowest BCUT2D eigenvalue weighted by Crippen LogP contribution is -3.12. The zero-order valence-electron chi connectivity index (χ0n) is 11.8. The number of hydrogen-bond acceptors (Lipinski definition) is 3. The highest BCUT2D eigenvalue weighted by atomic mass is 32.1. The van der Waals surface area contributed by atoms with Crippen molar-refractivity contribution in [2.75, 3.05) is 33.2 Å². The molecule has 0 unspecified atom stereocenters. The molecule has 2 heterocycles. The molecule has 1 aromatic carbocycles. The topological polar surface area (TPSA) is 37.6 Å². The van der Waals surface area contributed by atoms with E-state index in [1.807, 2.05) is 23.1 Å². The summed E-state index contributed by atoms with van der Waals surface area (Å²) in [5.41, 5.74) is 1.04. The van der Waals surface area contributed by atoms with Crippen molar-refractivity contribution in [1.29, 1.82) is 0 Å². The Labute approximate surface area is 123 Å². The Bertz CT molecular complexity index is 569. The molecule has 20 heavy (non-hydrogen) atoms. The van der Waals surface area contributed by atoms with Gasteiger partial charge in [-0.2, -0.15) is 0 Å². The summed E-state index contributed by atoms with van der Waals surface area (Å²) in [6, 6.07) is 8.15. The monoisotopic (exact) mass is 290 g/mol. The van der Waals surface area contributed by atoms with Gasteiger partial charge in [-0.25, -0.2) is 4.98 Å². The van der Waals surface area contributed by atoms with Crippen molar-refractivity contribution in [3.05, 3.63) is 29.3 Å². The molecule has 1 amide bonds. The molecule has 2 aromatic rings. The molecule has 0 atom stereocenters. The highest BCUT2D eigenvalue weighted by Crippen LogP contribution is 2.22. The van der Waals surface area contributed by atoms with Crippen LogP contribution in [0.4, 0.5) is 0 Å². The minimum atomic E-state index is 0.275. The van der Waals surface area contributed by atoms with Gasteiger partial charge in [-0.05, 0) is 12.1 Å². The number of rotatable bonds is 3. The van der Waals surface area contributed by atoms with Crippen molar-refractivity contribution in [1.82, 2.24) is 9.88 Å². The number of thiazole rings is 1. The summed E-state index contributed by atoms with van der Waals surface area (Å²) in [4.78, 5) is 20.3. The van der Waals surface area contributed by atoms with Crippen LogP contribution in [0.15, 0.2) is 24.3 Å². The summed E-state index contributed by atoms with van der Waals surface area (Å²) in [6.45, 7) is 3.91. The molecule has 3 rings (SSSR count). The van der Waals surface area contributed by atoms with Gasteiger partial charge >= 0.3 is 0 Å². The number of likely N-dealkylation sites (N-methyl/N-ethyl adjacent to an activating group) is 1. The molecular formula is C15H20N3OS+. The first-order chi connectivity index (χ1) is 9.72. The maximum absolute atomic E-state index is 12.2. The van der Waals surface area contributed by atoms with E-state index in [0.717, 1.165) is 43.1 Å². The molecule has 1 aliphatic heterocycles. The number of quaternary nitrogens is 1. The summed E-state index contributed by atoms with van der Waals surface area (Å²) in [5.74, 6) is 0.275. The van der Waals surface area contributed by atoms with Crippen molar-refractivity contribution < 1.29 is 9.69 Å². The third-order valence-corrected chi connectivity index (χ3v) is 4.96. The van der Waals surface area contributed by atoms with E-state index in [9.17, 15) is 4.79 Å². The van der Waals surface area contributed by atoms with E-state index in [2.05, 4.69) is 18.1 Å². The largest absolute Gasteiger partial charge is 0.334 e. The lowest BCUT2D eigenvalue weighted by molar-refractivity contribution is -0.883. The molecule has 1 N–H and O–H groups in total. The van der Waals surface area contributed by atoms with Crippen molar-refractivity contribution in [2.45, 2.75) is 12.8 Å². The highest BCUT2D eigenvalue weighted by Gasteiger charge is 2.21. The summed E-state index contributed by atoms with van der Waals surface area (Å²) in [5, 5.41) is 1.07. The maximum Gasteiger partial charge on any atom is 0.223 e. The van der Waals surface area contributed by atoms with Crippen LogP contribution in [-0.4, -0.2) is 49.0 Å². The predicted molar refractivity (Wildman–Crippen MR) is 81.1 cm³/mol. The van der Waals surface area contributed by atoms with E-state index in [1.54, 1.807) is 11.3 Å². The smallest absolute Gasteiger partial charge is 0.223 e. The Kier molecular flexibility index (Phi) is 3.98. The second-order valence-corrected chi connectivity index (χ2v) is 6.53. The molecule has 0 radical (unpaired) electrons. The normalized spacial score (nSPS) is 16.8. The van der Waals surface area contributed by atoms with E-state index < -0.39 is 0 Å². The van der Waals surface area contributed by atoms with E-state index >= 15 is 0 Å². The lowest BCUT2D eigenvalue weighted by Gasteiger charge is -2.30. The van der Waals surface area contributed by atoms with E-state index in [4.69, 9.17) is 0 Å². The maximum atomic E-state index is 12.2. The molecular weight excluding hydrogens is 270 g/mol. The van der Waals surface area contributed by atoms with E-state index in [0.29, 0.717) is 6.42 Å². The average Bonchev–Trinajstić information content (AvgIpc) is 2.88. The third kappa shape index (κ3) is 2.99. The van der Waals surface area contributed by atoms with E-state index in [1.165, 1.54) is 9.60 Å². The van der Waals surface area contributed by atoms with Crippen LogP contribution in [0.3, 0.4) is 0 Å².